The molecular weight excluding hydrogens is 196 g/mol. The van der Waals surface area contributed by atoms with Gasteiger partial charge in [0.2, 0.25) is 0 Å². The smallest absolute Gasteiger partial charge is 0.0843 e. The number of hydrogen-bond acceptors (Lipinski definition) is 2. The van der Waals surface area contributed by atoms with Crippen molar-refractivity contribution >= 4 is 0 Å². The number of benzene rings is 1. The number of fused-ring (bicyclic) bond motifs is 1. The van der Waals surface area contributed by atoms with Crippen LogP contribution in [0.3, 0.4) is 0 Å². The molecule has 0 saturated heterocycles. The van der Waals surface area contributed by atoms with Gasteiger partial charge in [-0.2, -0.15) is 0 Å². The molecule has 2 heteroatoms. The number of allylic oxidation sites excluding steroid dienone is 1. The van der Waals surface area contributed by atoms with E-state index in [1.165, 1.54) is 31.4 Å². The van der Waals surface area contributed by atoms with Crippen molar-refractivity contribution in [2.45, 2.75) is 25.7 Å². The highest BCUT2D eigenvalue weighted by atomic mass is 15.1. The molecule has 84 valence electrons. The maximum Gasteiger partial charge on any atom is 0.0843 e. The molecule has 3 rings (SSSR count). The largest absolute Gasteiger partial charge is 0.372 e. The summed E-state index contributed by atoms with van der Waals surface area (Å²) >= 11 is 0. The van der Waals surface area contributed by atoms with Gasteiger partial charge in [0.15, 0.2) is 0 Å². The number of aryl methyl sites for hydroxylation is 2. The Labute approximate surface area is 96.7 Å². The molecule has 2 aliphatic rings. The predicted octanol–water partition coefficient (Wildman–Crippen LogP) is 2.17. The lowest BCUT2D eigenvalue weighted by molar-refractivity contribution is 0.510. The standard InChI is InChI=1S/C14H18N2/c1-2-4-12-6-8-13(7-5-11(12)3-1)14-9-15-10-16-14/h1-4,9,13,15-16H,5-8,10H2. The highest BCUT2D eigenvalue weighted by molar-refractivity contribution is 5.29. The van der Waals surface area contributed by atoms with Gasteiger partial charge in [-0.3, -0.25) is 0 Å². The van der Waals surface area contributed by atoms with Gasteiger partial charge in [-0.15, -0.1) is 0 Å². The van der Waals surface area contributed by atoms with Crippen LogP contribution in [0.15, 0.2) is 36.2 Å². The van der Waals surface area contributed by atoms with Crippen LogP contribution in [-0.4, -0.2) is 6.67 Å². The molecule has 0 atom stereocenters. The molecule has 1 heterocycles. The van der Waals surface area contributed by atoms with Crippen LogP contribution in [0, 0.1) is 5.92 Å². The van der Waals surface area contributed by atoms with Gasteiger partial charge in [0.25, 0.3) is 0 Å². The molecule has 0 bridgehead atoms. The molecule has 1 aliphatic carbocycles. The Balaban J connectivity index is 1.77. The van der Waals surface area contributed by atoms with Crippen molar-refractivity contribution in [1.29, 1.82) is 0 Å². The van der Waals surface area contributed by atoms with Crippen LogP contribution in [-0.2, 0) is 12.8 Å². The lowest BCUT2D eigenvalue weighted by atomic mass is 9.96. The number of hydrogen-bond donors (Lipinski definition) is 2. The average molecular weight is 214 g/mol. The second-order valence-electron chi connectivity index (χ2n) is 4.70. The topological polar surface area (TPSA) is 24.1 Å². The molecule has 0 aromatic heterocycles. The SMILES string of the molecule is C1=C(C2CCc3ccccc3CC2)NCN1. The zero-order valence-corrected chi connectivity index (χ0v) is 9.50. The van der Waals surface area contributed by atoms with Gasteiger partial charge >= 0.3 is 0 Å². The van der Waals surface area contributed by atoms with Gasteiger partial charge in [-0.05, 0) is 36.8 Å². The molecule has 0 radical (unpaired) electrons. The molecular formula is C14H18N2. The number of nitrogens with one attached hydrogen (secondary N) is 2. The van der Waals surface area contributed by atoms with E-state index in [1.807, 2.05) is 0 Å². The second-order valence-corrected chi connectivity index (χ2v) is 4.70. The van der Waals surface area contributed by atoms with E-state index in [1.54, 1.807) is 11.1 Å². The zero-order chi connectivity index (χ0) is 10.8. The second kappa shape index (κ2) is 4.20. The normalized spacial score (nSPS) is 20.4. The first kappa shape index (κ1) is 9.76. The quantitative estimate of drug-likeness (QED) is 0.700. The molecule has 0 spiro atoms. The molecule has 16 heavy (non-hydrogen) atoms. The van der Waals surface area contributed by atoms with E-state index < -0.39 is 0 Å². The fourth-order valence-electron chi connectivity index (χ4n) is 2.79. The first-order chi connectivity index (χ1) is 7.93. The Hall–Kier alpha value is -1.44. The minimum Gasteiger partial charge on any atom is -0.372 e. The monoisotopic (exact) mass is 214 g/mol. The van der Waals surface area contributed by atoms with E-state index in [9.17, 15) is 0 Å². The Bertz CT molecular complexity index is 382. The van der Waals surface area contributed by atoms with Crippen LogP contribution < -0.4 is 10.6 Å². The van der Waals surface area contributed by atoms with Gasteiger partial charge in [-0.1, -0.05) is 24.3 Å². The third kappa shape index (κ3) is 1.80. The van der Waals surface area contributed by atoms with Crippen molar-refractivity contribution < 1.29 is 0 Å². The van der Waals surface area contributed by atoms with E-state index in [2.05, 4.69) is 41.1 Å². The minimum absolute atomic E-state index is 0.711. The summed E-state index contributed by atoms with van der Waals surface area (Å²) in [7, 11) is 0. The molecule has 1 aromatic carbocycles. The van der Waals surface area contributed by atoms with Crippen LogP contribution in [0.1, 0.15) is 24.0 Å². The Morgan fingerprint density at radius 3 is 2.25 bits per heavy atom. The summed E-state index contributed by atoms with van der Waals surface area (Å²) in [5.41, 5.74) is 4.51. The van der Waals surface area contributed by atoms with Gasteiger partial charge in [0.1, 0.15) is 0 Å². The average Bonchev–Trinajstić information content (AvgIpc) is 2.76. The predicted molar refractivity (Wildman–Crippen MR) is 65.8 cm³/mol. The summed E-state index contributed by atoms with van der Waals surface area (Å²) in [5.74, 6) is 0.711. The summed E-state index contributed by atoms with van der Waals surface area (Å²) in [4.78, 5) is 0. The van der Waals surface area contributed by atoms with Crippen molar-refractivity contribution in [3.8, 4) is 0 Å². The minimum atomic E-state index is 0.711. The van der Waals surface area contributed by atoms with E-state index >= 15 is 0 Å². The highest BCUT2D eigenvalue weighted by Gasteiger charge is 2.20. The van der Waals surface area contributed by atoms with E-state index in [4.69, 9.17) is 0 Å². The summed E-state index contributed by atoms with van der Waals surface area (Å²) in [6.07, 6.45) is 7.15. The summed E-state index contributed by atoms with van der Waals surface area (Å²) in [6, 6.07) is 8.89. The molecule has 1 aromatic rings. The van der Waals surface area contributed by atoms with Crippen molar-refractivity contribution in [1.82, 2.24) is 10.6 Å². The van der Waals surface area contributed by atoms with Crippen molar-refractivity contribution in [2.24, 2.45) is 5.92 Å². The molecule has 0 amide bonds. The summed E-state index contributed by atoms with van der Waals surface area (Å²) < 4.78 is 0. The van der Waals surface area contributed by atoms with Gasteiger partial charge < -0.3 is 10.6 Å². The first-order valence-corrected chi connectivity index (χ1v) is 6.17. The van der Waals surface area contributed by atoms with Crippen molar-refractivity contribution in [3.63, 3.8) is 0 Å². The fraction of sp³-hybridized carbons (Fsp3) is 0.429. The maximum atomic E-state index is 3.43. The van der Waals surface area contributed by atoms with Gasteiger partial charge in [-0.25, -0.2) is 0 Å². The van der Waals surface area contributed by atoms with Crippen LogP contribution in [0.25, 0.3) is 0 Å². The highest BCUT2D eigenvalue weighted by Crippen LogP contribution is 2.28. The third-order valence-electron chi connectivity index (χ3n) is 3.73. The number of rotatable bonds is 1. The molecule has 0 saturated carbocycles. The fourth-order valence-corrected chi connectivity index (χ4v) is 2.79. The molecule has 1 aliphatic heterocycles. The maximum absolute atomic E-state index is 3.43. The lowest BCUT2D eigenvalue weighted by Gasteiger charge is -2.15. The lowest BCUT2D eigenvalue weighted by Crippen LogP contribution is -2.19. The summed E-state index contributed by atoms with van der Waals surface area (Å²) in [5, 5.41) is 6.67. The van der Waals surface area contributed by atoms with Crippen molar-refractivity contribution in [2.75, 3.05) is 6.67 Å². The van der Waals surface area contributed by atoms with E-state index in [0.717, 1.165) is 6.67 Å². The van der Waals surface area contributed by atoms with Crippen LogP contribution >= 0.6 is 0 Å². The molecule has 0 unspecified atom stereocenters. The van der Waals surface area contributed by atoms with E-state index in [0.29, 0.717) is 5.92 Å². The summed E-state index contributed by atoms with van der Waals surface area (Å²) in [6.45, 7) is 0.902. The molecule has 0 fully saturated rings. The van der Waals surface area contributed by atoms with Crippen LogP contribution in [0.5, 0.6) is 0 Å². The Morgan fingerprint density at radius 1 is 1.00 bits per heavy atom. The first-order valence-electron chi connectivity index (χ1n) is 6.17. The van der Waals surface area contributed by atoms with E-state index in [-0.39, 0.29) is 0 Å². The molecule has 2 N–H and O–H groups in total. The third-order valence-corrected chi connectivity index (χ3v) is 3.73. The van der Waals surface area contributed by atoms with Crippen LogP contribution in [0.4, 0.5) is 0 Å². The Morgan fingerprint density at radius 2 is 1.69 bits per heavy atom. The Kier molecular flexibility index (Phi) is 2.56. The van der Waals surface area contributed by atoms with Gasteiger partial charge in [0, 0.05) is 17.8 Å². The van der Waals surface area contributed by atoms with Crippen LogP contribution in [0.2, 0.25) is 0 Å². The zero-order valence-electron chi connectivity index (χ0n) is 9.50. The molecule has 2 nitrogen and oxygen atoms in total. The van der Waals surface area contributed by atoms with Crippen molar-refractivity contribution in [3.05, 3.63) is 47.3 Å². The van der Waals surface area contributed by atoms with Gasteiger partial charge in [0.05, 0.1) is 6.67 Å².